The summed E-state index contributed by atoms with van der Waals surface area (Å²) in [6, 6.07) is 0.0152. The van der Waals surface area contributed by atoms with Crippen LogP contribution in [0.15, 0.2) is 0 Å². The van der Waals surface area contributed by atoms with Crippen LogP contribution < -0.4 is 5.73 Å². The lowest BCUT2D eigenvalue weighted by Gasteiger charge is -2.42. The maximum absolute atomic E-state index is 12.6. The second-order valence-corrected chi connectivity index (χ2v) is 6.52. The molecule has 2 rings (SSSR count). The van der Waals surface area contributed by atoms with Crippen molar-refractivity contribution in [2.45, 2.75) is 46.1 Å². The van der Waals surface area contributed by atoms with Gasteiger partial charge in [0.1, 0.15) is 5.69 Å². The first-order chi connectivity index (χ1) is 10.3. The van der Waals surface area contributed by atoms with Gasteiger partial charge in [0.05, 0.1) is 4.92 Å². The van der Waals surface area contributed by atoms with E-state index < -0.39 is 10.8 Å². The number of nitro groups is 1. The zero-order valence-corrected chi connectivity index (χ0v) is 13.3. The van der Waals surface area contributed by atoms with Crippen LogP contribution in [0.5, 0.6) is 0 Å². The number of nitrogens with two attached hydrogens (primary N) is 1. The van der Waals surface area contributed by atoms with Gasteiger partial charge >= 0.3 is 5.69 Å². The molecular weight excluding hydrogens is 286 g/mol. The molecule has 8 nitrogen and oxygen atoms in total. The summed E-state index contributed by atoms with van der Waals surface area (Å²) in [5.41, 5.74) is 5.96. The topological polar surface area (TPSA) is 118 Å². The maximum atomic E-state index is 12.6. The van der Waals surface area contributed by atoms with Crippen molar-refractivity contribution in [2.75, 3.05) is 13.1 Å². The Morgan fingerprint density at radius 3 is 2.82 bits per heavy atom. The average Bonchev–Trinajstić information content (AvgIpc) is 2.85. The van der Waals surface area contributed by atoms with Gasteiger partial charge in [-0.25, -0.2) is 0 Å². The molecule has 1 aliphatic heterocycles. The number of carbonyl (C=O) groups excluding carboxylic acids is 1. The summed E-state index contributed by atoms with van der Waals surface area (Å²) in [5, 5.41) is 17.9. The van der Waals surface area contributed by atoms with E-state index in [-0.39, 0.29) is 22.8 Å². The molecule has 1 fully saturated rings. The number of carbonyl (C=O) groups is 1. The van der Waals surface area contributed by atoms with Crippen LogP contribution in [0.25, 0.3) is 0 Å². The molecule has 1 unspecified atom stereocenters. The van der Waals surface area contributed by atoms with Crippen molar-refractivity contribution in [3.8, 4) is 0 Å². The maximum Gasteiger partial charge on any atom is 0.322 e. The minimum Gasteiger partial charge on any atom is -0.336 e. The first kappa shape index (κ1) is 16.4. The molecular formula is C14H23N5O3. The first-order valence-corrected chi connectivity index (χ1v) is 7.54. The summed E-state index contributed by atoms with van der Waals surface area (Å²) < 4.78 is 0. The van der Waals surface area contributed by atoms with Crippen molar-refractivity contribution in [1.82, 2.24) is 15.1 Å². The van der Waals surface area contributed by atoms with E-state index in [9.17, 15) is 14.9 Å². The van der Waals surface area contributed by atoms with Gasteiger partial charge in [-0.3, -0.25) is 20.0 Å². The highest BCUT2D eigenvalue weighted by Crippen LogP contribution is 2.30. The van der Waals surface area contributed by atoms with Gasteiger partial charge in [0, 0.05) is 19.1 Å². The second kappa shape index (κ2) is 6.04. The lowest BCUT2D eigenvalue weighted by atomic mass is 9.79. The zero-order valence-electron chi connectivity index (χ0n) is 13.3. The third-order valence-electron chi connectivity index (χ3n) is 4.30. The first-order valence-electron chi connectivity index (χ1n) is 7.54. The lowest BCUT2D eigenvalue weighted by Crippen LogP contribution is -2.54. The van der Waals surface area contributed by atoms with Crippen molar-refractivity contribution < 1.29 is 9.72 Å². The van der Waals surface area contributed by atoms with Crippen molar-refractivity contribution >= 4 is 11.6 Å². The Hall–Kier alpha value is -1.96. The highest BCUT2D eigenvalue weighted by Gasteiger charge is 2.38. The van der Waals surface area contributed by atoms with Crippen LogP contribution in [0.3, 0.4) is 0 Å². The highest BCUT2D eigenvalue weighted by atomic mass is 16.6. The summed E-state index contributed by atoms with van der Waals surface area (Å²) in [6.07, 6.45) is 1.91. The molecule has 1 aromatic rings. The standard InChI is InChI=1S/C14H23N5O3/c1-4-5-9-12(19(21)22)11(17-16-9)13(20)18-7-6-10(15)14(2,3)8-18/h10H,4-8,15H2,1-3H3,(H,16,17). The van der Waals surface area contributed by atoms with E-state index in [1.807, 2.05) is 20.8 Å². The molecule has 1 saturated heterocycles. The molecule has 0 radical (unpaired) electrons. The number of nitrogens with one attached hydrogen (secondary N) is 1. The zero-order chi connectivity index (χ0) is 16.5. The number of hydrogen-bond donors (Lipinski definition) is 2. The third-order valence-corrected chi connectivity index (χ3v) is 4.30. The number of aromatic nitrogens is 2. The average molecular weight is 309 g/mol. The van der Waals surface area contributed by atoms with E-state index in [1.54, 1.807) is 4.90 Å². The number of H-pyrrole nitrogens is 1. The number of aromatic amines is 1. The van der Waals surface area contributed by atoms with Crippen LogP contribution in [0.2, 0.25) is 0 Å². The fourth-order valence-corrected chi connectivity index (χ4v) is 2.84. The fraction of sp³-hybridized carbons (Fsp3) is 0.714. The minimum atomic E-state index is -0.525. The summed E-state index contributed by atoms with van der Waals surface area (Å²) in [5.74, 6) is -0.398. The molecule has 0 spiro atoms. The molecule has 0 saturated carbocycles. The molecule has 0 aliphatic carbocycles. The Labute approximate surface area is 129 Å². The molecule has 2 heterocycles. The van der Waals surface area contributed by atoms with E-state index in [4.69, 9.17) is 5.73 Å². The summed E-state index contributed by atoms with van der Waals surface area (Å²) >= 11 is 0. The van der Waals surface area contributed by atoms with E-state index >= 15 is 0 Å². The normalized spacial score (nSPS) is 20.9. The molecule has 1 aliphatic rings. The Bertz CT molecular complexity index is 581. The molecule has 3 N–H and O–H groups in total. The van der Waals surface area contributed by atoms with E-state index in [2.05, 4.69) is 10.2 Å². The molecule has 0 aromatic carbocycles. The molecule has 8 heteroatoms. The highest BCUT2D eigenvalue weighted by molar-refractivity contribution is 5.96. The number of likely N-dealkylation sites (tertiary alicyclic amines) is 1. The number of nitrogens with zero attached hydrogens (tertiary/aromatic N) is 3. The quantitative estimate of drug-likeness (QED) is 0.645. The number of rotatable bonds is 4. The van der Waals surface area contributed by atoms with Crippen LogP contribution in [0, 0.1) is 15.5 Å². The number of hydrogen-bond acceptors (Lipinski definition) is 5. The van der Waals surface area contributed by atoms with Crippen molar-refractivity contribution in [3.63, 3.8) is 0 Å². The Kier molecular flexibility index (Phi) is 4.50. The molecule has 1 amide bonds. The van der Waals surface area contributed by atoms with Crippen LogP contribution in [0.4, 0.5) is 5.69 Å². The lowest BCUT2D eigenvalue weighted by molar-refractivity contribution is -0.385. The Morgan fingerprint density at radius 2 is 2.27 bits per heavy atom. The molecule has 1 atom stereocenters. The molecule has 22 heavy (non-hydrogen) atoms. The Balaban J connectivity index is 2.28. The minimum absolute atomic E-state index is 0.0152. The number of piperidine rings is 1. The summed E-state index contributed by atoms with van der Waals surface area (Å²) in [6.45, 7) is 6.88. The SMILES string of the molecule is CCCc1[nH]nc(C(=O)N2CCC(N)C(C)(C)C2)c1[N+](=O)[O-]. The third kappa shape index (κ3) is 2.96. The predicted octanol–water partition coefficient (Wildman–Crippen LogP) is 1.47. The van der Waals surface area contributed by atoms with Crippen LogP contribution in [-0.2, 0) is 6.42 Å². The van der Waals surface area contributed by atoms with Gasteiger partial charge < -0.3 is 10.6 Å². The van der Waals surface area contributed by atoms with Crippen molar-refractivity contribution in [3.05, 3.63) is 21.5 Å². The largest absolute Gasteiger partial charge is 0.336 e. The fourth-order valence-electron chi connectivity index (χ4n) is 2.84. The van der Waals surface area contributed by atoms with E-state index in [1.165, 1.54) is 0 Å². The van der Waals surface area contributed by atoms with Gasteiger partial charge in [0.25, 0.3) is 5.91 Å². The van der Waals surface area contributed by atoms with E-state index in [0.29, 0.717) is 31.6 Å². The molecule has 1 aromatic heterocycles. The van der Waals surface area contributed by atoms with Gasteiger partial charge in [-0.05, 0) is 18.3 Å². The smallest absolute Gasteiger partial charge is 0.322 e. The van der Waals surface area contributed by atoms with Crippen LogP contribution in [0.1, 0.15) is 49.8 Å². The summed E-state index contributed by atoms with van der Waals surface area (Å²) in [7, 11) is 0. The Morgan fingerprint density at radius 1 is 1.59 bits per heavy atom. The monoisotopic (exact) mass is 309 g/mol. The predicted molar refractivity (Wildman–Crippen MR) is 81.5 cm³/mol. The van der Waals surface area contributed by atoms with Crippen LogP contribution >= 0.6 is 0 Å². The molecule has 122 valence electrons. The van der Waals surface area contributed by atoms with Crippen molar-refractivity contribution in [2.24, 2.45) is 11.1 Å². The number of aryl methyl sites for hydroxylation is 1. The van der Waals surface area contributed by atoms with Gasteiger partial charge in [0.2, 0.25) is 5.69 Å². The number of amides is 1. The van der Waals surface area contributed by atoms with Crippen LogP contribution in [-0.4, -0.2) is 45.1 Å². The van der Waals surface area contributed by atoms with Gasteiger partial charge in [-0.1, -0.05) is 27.2 Å². The van der Waals surface area contributed by atoms with Crippen molar-refractivity contribution in [1.29, 1.82) is 0 Å². The second-order valence-electron chi connectivity index (χ2n) is 6.52. The van der Waals surface area contributed by atoms with Gasteiger partial charge in [-0.15, -0.1) is 0 Å². The summed E-state index contributed by atoms with van der Waals surface area (Å²) in [4.78, 5) is 25.0. The molecule has 0 bridgehead atoms. The van der Waals surface area contributed by atoms with E-state index in [0.717, 1.165) is 6.42 Å². The van der Waals surface area contributed by atoms with Gasteiger partial charge in [-0.2, -0.15) is 5.10 Å². The van der Waals surface area contributed by atoms with Gasteiger partial charge in [0.15, 0.2) is 0 Å².